The lowest BCUT2D eigenvalue weighted by Gasteiger charge is -2.28. The number of aromatic hydroxyl groups is 1. The van der Waals surface area contributed by atoms with Crippen LogP contribution in [0.15, 0.2) is 18.2 Å². The first-order valence-corrected chi connectivity index (χ1v) is 5.94. The van der Waals surface area contributed by atoms with Gasteiger partial charge in [-0.2, -0.15) is 0 Å². The molecule has 4 heteroatoms. The molecule has 1 aromatic rings. The molecule has 0 bridgehead atoms. The van der Waals surface area contributed by atoms with Crippen LogP contribution in [-0.4, -0.2) is 24.2 Å². The second-order valence-corrected chi connectivity index (χ2v) is 5.42. The van der Waals surface area contributed by atoms with E-state index in [-0.39, 0.29) is 28.7 Å². The van der Waals surface area contributed by atoms with Gasteiger partial charge in [-0.3, -0.25) is 4.79 Å². The zero-order valence-corrected chi connectivity index (χ0v) is 11.6. The van der Waals surface area contributed by atoms with Gasteiger partial charge in [-0.05, 0) is 24.5 Å². The number of nitrogens with one attached hydrogen (secondary N) is 1. The number of carbonyl (C=O) groups excluding carboxylic acids is 1. The van der Waals surface area contributed by atoms with E-state index in [0.29, 0.717) is 5.75 Å². The quantitative estimate of drug-likeness (QED) is 0.868. The lowest BCUT2D eigenvalue weighted by Crippen LogP contribution is -2.41. The van der Waals surface area contributed by atoms with Crippen molar-refractivity contribution in [1.29, 1.82) is 0 Å². The number of para-hydroxylation sites is 1. The number of hydrogen-bond donors (Lipinski definition) is 2. The molecule has 2 N–H and O–H groups in total. The van der Waals surface area contributed by atoms with Gasteiger partial charge >= 0.3 is 0 Å². The Kier molecular flexibility index (Phi) is 4.22. The van der Waals surface area contributed by atoms with Gasteiger partial charge in [0.25, 0.3) is 5.91 Å². The van der Waals surface area contributed by atoms with Crippen molar-refractivity contribution in [2.24, 2.45) is 5.41 Å². The maximum Gasteiger partial charge on any atom is 0.255 e. The Bertz CT molecular complexity index is 435. The molecule has 100 valence electrons. The minimum absolute atomic E-state index is 0.00407. The van der Waals surface area contributed by atoms with E-state index in [9.17, 15) is 9.90 Å². The van der Waals surface area contributed by atoms with Crippen molar-refractivity contribution in [2.45, 2.75) is 33.7 Å². The van der Waals surface area contributed by atoms with Crippen LogP contribution >= 0.6 is 0 Å². The highest BCUT2D eigenvalue weighted by atomic mass is 16.5. The van der Waals surface area contributed by atoms with Gasteiger partial charge in [0.1, 0.15) is 0 Å². The van der Waals surface area contributed by atoms with Crippen molar-refractivity contribution < 1.29 is 14.6 Å². The second kappa shape index (κ2) is 5.29. The molecule has 0 saturated heterocycles. The number of phenolic OH excluding ortho intramolecular Hbond substituents is 1. The van der Waals surface area contributed by atoms with Crippen LogP contribution in [0.4, 0.5) is 0 Å². The molecular formula is C14H21NO3. The number of amides is 1. The van der Waals surface area contributed by atoms with Crippen LogP contribution in [0.3, 0.4) is 0 Å². The number of carbonyl (C=O) groups is 1. The zero-order chi connectivity index (χ0) is 13.9. The summed E-state index contributed by atoms with van der Waals surface area (Å²) >= 11 is 0. The smallest absolute Gasteiger partial charge is 0.255 e. The maximum atomic E-state index is 12.1. The van der Waals surface area contributed by atoms with Crippen LogP contribution in [0.5, 0.6) is 11.5 Å². The molecule has 0 aliphatic rings. The summed E-state index contributed by atoms with van der Waals surface area (Å²) in [5.41, 5.74) is 0.190. The van der Waals surface area contributed by atoms with E-state index in [1.165, 1.54) is 7.11 Å². The lowest BCUT2D eigenvalue weighted by molar-refractivity contribution is 0.0907. The van der Waals surface area contributed by atoms with Crippen molar-refractivity contribution >= 4 is 5.91 Å². The number of benzene rings is 1. The minimum Gasteiger partial charge on any atom is -0.504 e. The third-order valence-corrected chi connectivity index (χ3v) is 3.11. The highest BCUT2D eigenvalue weighted by Gasteiger charge is 2.23. The molecule has 0 spiro atoms. The highest BCUT2D eigenvalue weighted by Crippen LogP contribution is 2.29. The van der Waals surface area contributed by atoms with E-state index in [2.05, 4.69) is 5.32 Å². The van der Waals surface area contributed by atoms with Gasteiger partial charge < -0.3 is 15.2 Å². The molecule has 4 nitrogen and oxygen atoms in total. The first-order valence-electron chi connectivity index (χ1n) is 5.94. The molecular weight excluding hydrogens is 230 g/mol. The minimum atomic E-state index is -0.297. The molecule has 0 saturated carbocycles. The Labute approximate surface area is 108 Å². The molecule has 1 rings (SSSR count). The first kappa shape index (κ1) is 14.4. The van der Waals surface area contributed by atoms with Crippen LogP contribution < -0.4 is 10.1 Å². The van der Waals surface area contributed by atoms with E-state index in [0.717, 1.165) is 0 Å². The van der Waals surface area contributed by atoms with Gasteiger partial charge in [0.05, 0.1) is 12.7 Å². The maximum absolute atomic E-state index is 12.1. The van der Waals surface area contributed by atoms with Crippen LogP contribution in [0, 0.1) is 5.41 Å². The van der Waals surface area contributed by atoms with Gasteiger partial charge in [0.15, 0.2) is 11.5 Å². The molecule has 1 amide bonds. The summed E-state index contributed by atoms with van der Waals surface area (Å²) in [6.07, 6.45) is 0. The summed E-state index contributed by atoms with van der Waals surface area (Å²) in [5, 5.41) is 12.8. The normalized spacial score (nSPS) is 12.9. The number of hydrogen-bond acceptors (Lipinski definition) is 3. The number of ether oxygens (including phenoxy) is 1. The van der Waals surface area contributed by atoms with Gasteiger partial charge in [-0.15, -0.1) is 0 Å². The van der Waals surface area contributed by atoms with Crippen molar-refractivity contribution in [1.82, 2.24) is 5.32 Å². The Balaban J connectivity index is 2.92. The molecule has 0 fully saturated rings. The predicted octanol–water partition coefficient (Wildman–Crippen LogP) is 2.57. The molecule has 0 aliphatic heterocycles. The summed E-state index contributed by atoms with van der Waals surface area (Å²) in [6, 6.07) is 4.85. The molecule has 0 aromatic heterocycles. The van der Waals surface area contributed by atoms with Crippen LogP contribution in [0.25, 0.3) is 0 Å². The standard InChI is InChI=1S/C14H21NO3/c1-9(14(2,3)4)15-13(17)10-7-6-8-11(18-5)12(10)16/h6-9,16H,1-5H3,(H,15,17). The third-order valence-electron chi connectivity index (χ3n) is 3.11. The van der Waals surface area contributed by atoms with Gasteiger partial charge in [-0.25, -0.2) is 0 Å². The summed E-state index contributed by atoms with van der Waals surface area (Å²) < 4.78 is 4.98. The van der Waals surface area contributed by atoms with E-state index >= 15 is 0 Å². The summed E-state index contributed by atoms with van der Waals surface area (Å²) in [6.45, 7) is 8.07. The highest BCUT2D eigenvalue weighted by molar-refractivity contribution is 5.97. The number of methoxy groups -OCH3 is 1. The average Bonchev–Trinajstić information content (AvgIpc) is 2.27. The lowest BCUT2D eigenvalue weighted by atomic mass is 9.88. The largest absolute Gasteiger partial charge is 0.504 e. The van der Waals surface area contributed by atoms with Crippen LogP contribution in [0.2, 0.25) is 0 Å². The topological polar surface area (TPSA) is 58.6 Å². The van der Waals surface area contributed by atoms with Gasteiger partial charge in [0.2, 0.25) is 0 Å². The van der Waals surface area contributed by atoms with E-state index in [1.807, 2.05) is 27.7 Å². The molecule has 0 aliphatic carbocycles. The fraction of sp³-hybridized carbons (Fsp3) is 0.500. The molecule has 18 heavy (non-hydrogen) atoms. The summed E-state index contributed by atoms with van der Waals surface area (Å²) in [4.78, 5) is 12.1. The molecule has 1 aromatic carbocycles. The van der Waals surface area contributed by atoms with Gasteiger partial charge in [-0.1, -0.05) is 26.8 Å². The fourth-order valence-corrected chi connectivity index (χ4v) is 1.36. The molecule has 0 heterocycles. The number of phenols is 1. The zero-order valence-electron chi connectivity index (χ0n) is 11.6. The van der Waals surface area contributed by atoms with Crippen molar-refractivity contribution in [3.8, 4) is 11.5 Å². The average molecular weight is 251 g/mol. The molecule has 1 unspecified atom stereocenters. The first-order chi connectivity index (χ1) is 8.27. The molecule has 1 atom stereocenters. The van der Waals surface area contributed by atoms with E-state index in [1.54, 1.807) is 18.2 Å². The van der Waals surface area contributed by atoms with Crippen molar-refractivity contribution in [2.75, 3.05) is 7.11 Å². The van der Waals surface area contributed by atoms with Crippen molar-refractivity contribution in [3.63, 3.8) is 0 Å². The Hall–Kier alpha value is -1.71. The van der Waals surface area contributed by atoms with Crippen LogP contribution in [-0.2, 0) is 0 Å². The Morgan fingerprint density at radius 3 is 2.50 bits per heavy atom. The molecule has 0 radical (unpaired) electrons. The van der Waals surface area contributed by atoms with E-state index in [4.69, 9.17) is 4.74 Å². The van der Waals surface area contributed by atoms with Gasteiger partial charge in [0, 0.05) is 6.04 Å². The van der Waals surface area contributed by atoms with E-state index < -0.39 is 0 Å². The summed E-state index contributed by atoms with van der Waals surface area (Å²) in [5.74, 6) is -0.126. The van der Waals surface area contributed by atoms with Crippen molar-refractivity contribution in [3.05, 3.63) is 23.8 Å². The summed E-state index contributed by atoms with van der Waals surface area (Å²) in [7, 11) is 1.45. The third kappa shape index (κ3) is 3.15. The predicted molar refractivity (Wildman–Crippen MR) is 71.0 cm³/mol. The van der Waals surface area contributed by atoms with Crippen LogP contribution in [0.1, 0.15) is 38.1 Å². The monoisotopic (exact) mass is 251 g/mol. The number of rotatable bonds is 3. The Morgan fingerprint density at radius 2 is 2.00 bits per heavy atom. The SMILES string of the molecule is COc1cccc(C(=O)NC(C)C(C)(C)C)c1O. The Morgan fingerprint density at radius 1 is 1.39 bits per heavy atom. The second-order valence-electron chi connectivity index (χ2n) is 5.42. The fourth-order valence-electron chi connectivity index (χ4n) is 1.36.